The minimum atomic E-state index is -3.40. The van der Waals surface area contributed by atoms with Crippen LogP contribution in [-0.2, 0) is 21.2 Å². The molecule has 20 heavy (non-hydrogen) atoms. The number of rotatable bonds is 5. The molecule has 6 nitrogen and oxygen atoms in total. The Morgan fingerprint density at radius 1 is 1.40 bits per heavy atom. The van der Waals surface area contributed by atoms with E-state index in [1.54, 1.807) is 24.5 Å². The van der Waals surface area contributed by atoms with Gasteiger partial charge in [-0.3, -0.25) is 9.78 Å². The Balaban J connectivity index is 1.97. The molecular formula is C13H18N2O4S. The molecule has 2 heterocycles. The lowest BCUT2D eigenvalue weighted by atomic mass is 10.0. The van der Waals surface area contributed by atoms with Gasteiger partial charge >= 0.3 is 5.97 Å². The zero-order valence-corrected chi connectivity index (χ0v) is 11.9. The van der Waals surface area contributed by atoms with Crippen LogP contribution >= 0.6 is 0 Å². The number of aliphatic carboxylic acids is 1. The summed E-state index contributed by atoms with van der Waals surface area (Å²) in [6.07, 6.45) is 4.82. The number of nitrogens with zero attached hydrogens (tertiary/aromatic N) is 2. The van der Waals surface area contributed by atoms with Gasteiger partial charge in [0.15, 0.2) is 0 Å². The first-order valence-electron chi connectivity index (χ1n) is 6.58. The maximum atomic E-state index is 12.2. The fourth-order valence-corrected chi connectivity index (χ4v) is 3.89. The molecule has 0 aromatic carbocycles. The largest absolute Gasteiger partial charge is 0.481 e. The Labute approximate surface area is 118 Å². The zero-order chi connectivity index (χ0) is 14.6. The Kier molecular flexibility index (Phi) is 4.72. The van der Waals surface area contributed by atoms with E-state index in [2.05, 4.69) is 4.98 Å². The molecule has 0 bridgehead atoms. The van der Waals surface area contributed by atoms with Crippen LogP contribution in [0.15, 0.2) is 24.5 Å². The minimum absolute atomic E-state index is 0.00333. The summed E-state index contributed by atoms with van der Waals surface area (Å²) in [6, 6.07) is 3.57. The van der Waals surface area contributed by atoms with Crippen molar-refractivity contribution in [1.29, 1.82) is 0 Å². The van der Waals surface area contributed by atoms with Crippen molar-refractivity contribution in [3.8, 4) is 0 Å². The van der Waals surface area contributed by atoms with Crippen molar-refractivity contribution in [3.05, 3.63) is 30.1 Å². The predicted molar refractivity (Wildman–Crippen MR) is 73.7 cm³/mol. The average Bonchev–Trinajstić information content (AvgIpc) is 2.46. The molecule has 0 radical (unpaired) electrons. The van der Waals surface area contributed by atoms with Crippen molar-refractivity contribution in [1.82, 2.24) is 9.29 Å². The maximum Gasteiger partial charge on any atom is 0.307 e. The smallest absolute Gasteiger partial charge is 0.307 e. The molecule has 1 fully saturated rings. The van der Waals surface area contributed by atoms with E-state index in [1.165, 1.54) is 4.31 Å². The second-order valence-electron chi connectivity index (χ2n) is 4.96. The van der Waals surface area contributed by atoms with E-state index in [0.717, 1.165) is 5.56 Å². The van der Waals surface area contributed by atoms with Crippen LogP contribution in [0.1, 0.15) is 18.4 Å². The van der Waals surface area contributed by atoms with Crippen LogP contribution in [0.5, 0.6) is 0 Å². The lowest BCUT2D eigenvalue weighted by Gasteiger charge is -2.29. The highest BCUT2D eigenvalue weighted by atomic mass is 32.2. The Morgan fingerprint density at radius 2 is 2.10 bits per heavy atom. The molecule has 1 aromatic rings. The van der Waals surface area contributed by atoms with Gasteiger partial charge in [-0.2, -0.15) is 0 Å². The molecule has 1 aliphatic rings. The monoisotopic (exact) mass is 298 g/mol. The van der Waals surface area contributed by atoms with Gasteiger partial charge in [0, 0.05) is 25.5 Å². The molecule has 0 spiro atoms. The van der Waals surface area contributed by atoms with Gasteiger partial charge in [-0.05, 0) is 37.0 Å². The molecule has 1 N–H and O–H groups in total. The van der Waals surface area contributed by atoms with E-state index in [9.17, 15) is 13.2 Å². The van der Waals surface area contributed by atoms with Gasteiger partial charge in [-0.1, -0.05) is 0 Å². The second-order valence-corrected chi connectivity index (χ2v) is 7.05. The van der Waals surface area contributed by atoms with Gasteiger partial charge < -0.3 is 5.11 Å². The summed E-state index contributed by atoms with van der Waals surface area (Å²) in [6.45, 7) is 0.510. The van der Waals surface area contributed by atoms with Crippen LogP contribution < -0.4 is 0 Å². The predicted octanol–water partition coefficient (Wildman–Crippen LogP) is 0.750. The summed E-state index contributed by atoms with van der Waals surface area (Å²) in [5, 5.41) is 9.00. The first kappa shape index (κ1) is 14.9. The van der Waals surface area contributed by atoms with E-state index in [1.807, 2.05) is 0 Å². The van der Waals surface area contributed by atoms with Crippen LogP contribution in [0.2, 0.25) is 0 Å². The number of hydrogen-bond donors (Lipinski definition) is 1. The first-order valence-corrected chi connectivity index (χ1v) is 8.19. The summed E-state index contributed by atoms with van der Waals surface area (Å²) < 4.78 is 25.8. The number of piperidine rings is 1. The molecule has 0 unspecified atom stereocenters. The molecule has 1 saturated heterocycles. The van der Waals surface area contributed by atoms with E-state index >= 15 is 0 Å². The van der Waals surface area contributed by atoms with E-state index in [0.29, 0.717) is 25.8 Å². The SMILES string of the molecule is O=C(O)[C@H]1CCCN(S(=O)(=O)CCc2ccncc2)C1. The number of sulfonamides is 1. The molecule has 7 heteroatoms. The highest BCUT2D eigenvalue weighted by molar-refractivity contribution is 7.89. The van der Waals surface area contributed by atoms with Crippen molar-refractivity contribution >= 4 is 16.0 Å². The minimum Gasteiger partial charge on any atom is -0.481 e. The van der Waals surface area contributed by atoms with Gasteiger partial charge in [0.05, 0.1) is 11.7 Å². The van der Waals surface area contributed by atoms with E-state index in [4.69, 9.17) is 5.11 Å². The molecule has 2 rings (SSSR count). The maximum absolute atomic E-state index is 12.2. The first-order chi connectivity index (χ1) is 9.49. The second kappa shape index (κ2) is 6.32. The van der Waals surface area contributed by atoms with Crippen LogP contribution in [0.4, 0.5) is 0 Å². The van der Waals surface area contributed by atoms with Crippen molar-refractivity contribution < 1.29 is 18.3 Å². The van der Waals surface area contributed by atoms with E-state index < -0.39 is 21.9 Å². The normalized spacial score (nSPS) is 20.7. The van der Waals surface area contributed by atoms with Gasteiger partial charge in [0.2, 0.25) is 10.0 Å². The zero-order valence-electron chi connectivity index (χ0n) is 11.1. The molecule has 1 aliphatic heterocycles. The van der Waals surface area contributed by atoms with Crippen molar-refractivity contribution in [2.75, 3.05) is 18.8 Å². The number of aryl methyl sites for hydroxylation is 1. The van der Waals surface area contributed by atoms with Gasteiger partial charge in [0.25, 0.3) is 0 Å². The standard InChI is InChI=1S/C13H18N2O4S/c16-13(17)12-2-1-8-15(10-12)20(18,19)9-5-11-3-6-14-7-4-11/h3-4,6-7,12H,1-2,5,8-10H2,(H,16,17)/t12-/m0/s1. The lowest BCUT2D eigenvalue weighted by molar-refractivity contribution is -0.142. The quantitative estimate of drug-likeness (QED) is 0.866. The third kappa shape index (κ3) is 3.77. The molecule has 110 valence electrons. The summed E-state index contributed by atoms with van der Waals surface area (Å²) in [7, 11) is -3.40. The fraction of sp³-hybridized carbons (Fsp3) is 0.538. The van der Waals surface area contributed by atoms with Gasteiger partial charge in [0.1, 0.15) is 0 Å². The summed E-state index contributed by atoms with van der Waals surface area (Å²) >= 11 is 0. The molecule has 1 atom stereocenters. The Morgan fingerprint density at radius 3 is 2.75 bits per heavy atom. The number of carboxylic acid groups (broad SMARTS) is 1. The summed E-state index contributed by atoms with van der Waals surface area (Å²) in [5.74, 6) is -1.50. The molecular weight excluding hydrogens is 280 g/mol. The Bertz CT molecular complexity index is 559. The molecule has 0 saturated carbocycles. The van der Waals surface area contributed by atoms with Crippen molar-refractivity contribution in [2.45, 2.75) is 19.3 Å². The summed E-state index contributed by atoms with van der Waals surface area (Å²) in [4.78, 5) is 14.9. The number of carbonyl (C=O) groups is 1. The molecule has 0 aliphatic carbocycles. The number of hydrogen-bond acceptors (Lipinski definition) is 4. The Hall–Kier alpha value is -1.47. The number of aromatic nitrogens is 1. The summed E-state index contributed by atoms with van der Waals surface area (Å²) in [5.41, 5.74) is 0.912. The number of pyridine rings is 1. The highest BCUT2D eigenvalue weighted by Gasteiger charge is 2.31. The van der Waals surface area contributed by atoms with Crippen molar-refractivity contribution in [3.63, 3.8) is 0 Å². The number of carboxylic acids is 1. The van der Waals surface area contributed by atoms with Crippen LogP contribution in [0.3, 0.4) is 0 Å². The molecule has 0 amide bonds. The topological polar surface area (TPSA) is 87.6 Å². The van der Waals surface area contributed by atoms with E-state index in [-0.39, 0.29) is 12.3 Å². The lowest BCUT2D eigenvalue weighted by Crippen LogP contribution is -2.43. The van der Waals surface area contributed by atoms with Crippen molar-refractivity contribution in [2.24, 2.45) is 5.92 Å². The van der Waals surface area contributed by atoms with Crippen LogP contribution in [0.25, 0.3) is 0 Å². The van der Waals surface area contributed by atoms with Crippen LogP contribution in [0, 0.1) is 5.92 Å². The van der Waals surface area contributed by atoms with Crippen LogP contribution in [-0.4, -0.2) is 47.6 Å². The molecule has 1 aromatic heterocycles. The van der Waals surface area contributed by atoms with Gasteiger partial charge in [-0.25, -0.2) is 12.7 Å². The third-order valence-electron chi connectivity index (χ3n) is 3.52. The average molecular weight is 298 g/mol. The van der Waals surface area contributed by atoms with Gasteiger partial charge in [-0.15, -0.1) is 0 Å². The highest BCUT2D eigenvalue weighted by Crippen LogP contribution is 2.20. The fourth-order valence-electron chi connectivity index (χ4n) is 2.32. The third-order valence-corrected chi connectivity index (χ3v) is 5.36.